The second-order valence-corrected chi connectivity index (χ2v) is 7.63. The second-order valence-electron chi connectivity index (χ2n) is 7.63. The van der Waals surface area contributed by atoms with Crippen molar-refractivity contribution < 1.29 is 22.8 Å². The number of halogens is 3. The molecule has 1 aliphatic carbocycles. The van der Waals surface area contributed by atoms with Gasteiger partial charge in [-0.25, -0.2) is 18.2 Å². The quantitative estimate of drug-likeness (QED) is 0.506. The van der Waals surface area contributed by atoms with Crippen molar-refractivity contribution in [2.24, 2.45) is 5.92 Å². The lowest BCUT2D eigenvalue weighted by Crippen LogP contribution is -2.25. The number of aromatic amines is 1. The van der Waals surface area contributed by atoms with Crippen LogP contribution in [-0.2, 0) is 4.79 Å². The first-order valence-electron chi connectivity index (χ1n) is 10.1. The Kier molecular flexibility index (Phi) is 5.92. The highest BCUT2D eigenvalue weighted by Crippen LogP contribution is 2.27. The third kappa shape index (κ3) is 4.70. The molecule has 1 heterocycles. The first kappa shape index (κ1) is 20.9. The molecule has 4 rings (SSSR count). The van der Waals surface area contributed by atoms with Gasteiger partial charge in [-0.3, -0.25) is 9.59 Å². The van der Waals surface area contributed by atoms with Gasteiger partial charge in [-0.2, -0.15) is 0 Å². The lowest BCUT2D eigenvalue weighted by molar-refractivity contribution is -0.120. The monoisotopic (exact) mass is 430 g/mol. The predicted octanol–water partition coefficient (Wildman–Crippen LogP) is 5.41. The molecule has 6 nitrogen and oxygen atoms in total. The van der Waals surface area contributed by atoms with Gasteiger partial charge in [-0.15, -0.1) is 0 Å². The van der Waals surface area contributed by atoms with Crippen LogP contribution in [0.5, 0.6) is 0 Å². The Hall–Kier alpha value is -3.36. The summed E-state index contributed by atoms with van der Waals surface area (Å²) in [5.41, 5.74) is 1.14. The Bertz CT molecular complexity index is 1120. The van der Waals surface area contributed by atoms with Crippen LogP contribution in [0, 0.1) is 11.7 Å². The molecule has 3 aromatic rings. The number of benzene rings is 2. The molecule has 1 aromatic heterocycles. The van der Waals surface area contributed by atoms with Gasteiger partial charge in [0.15, 0.2) is 5.82 Å². The molecule has 0 spiro atoms. The average Bonchev–Trinajstić information content (AvgIpc) is 3.20. The van der Waals surface area contributed by atoms with Crippen molar-refractivity contribution in [2.45, 2.75) is 38.5 Å². The van der Waals surface area contributed by atoms with Crippen LogP contribution in [0.2, 0.25) is 0 Å². The highest BCUT2D eigenvalue weighted by molar-refractivity contribution is 6.06. The minimum absolute atomic E-state index is 0.000955. The largest absolute Gasteiger partial charge is 0.337 e. The zero-order valence-corrected chi connectivity index (χ0v) is 16.6. The summed E-state index contributed by atoms with van der Waals surface area (Å²) in [5, 5.41) is 5.25. The predicted molar refractivity (Wildman–Crippen MR) is 111 cm³/mol. The minimum atomic E-state index is -2.74. The maximum Gasteiger partial charge on any atom is 0.295 e. The van der Waals surface area contributed by atoms with Gasteiger partial charge < -0.3 is 15.6 Å². The van der Waals surface area contributed by atoms with Gasteiger partial charge in [0.2, 0.25) is 5.91 Å². The molecule has 1 fully saturated rings. The molecule has 1 saturated carbocycles. The number of alkyl halides is 2. The summed E-state index contributed by atoms with van der Waals surface area (Å²) in [6, 6.07) is 8.25. The molecular weight excluding hydrogens is 409 g/mol. The van der Waals surface area contributed by atoms with E-state index in [-0.39, 0.29) is 23.1 Å². The third-order valence-electron chi connectivity index (χ3n) is 5.43. The Labute approximate surface area is 176 Å². The van der Waals surface area contributed by atoms with E-state index < -0.39 is 24.0 Å². The molecule has 31 heavy (non-hydrogen) atoms. The van der Waals surface area contributed by atoms with Gasteiger partial charge in [0.25, 0.3) is 12.3 Å². The fraction of sp³-hybridized carbons (Fsp3) is 0.318. The summed E-state index contributed by atoms with van der Waals surface area (Å²) < 4.78 is 39.8. The number of carbonyl (C=O) groups excluding carboxylic acids is 2. The Morgan fingerprint density at radius 1 is 1.03 bits per heavy atom. The zero-order chi connectivity index (χ0) is 22.0. The molecule has 9 heteroatoms. The molecule has 1 aliphatic rings. The van der Waals surface area contributed by atoms with E-state index in [4.69, 9.17) is 0 Å². The van der Waals surface area contributed by atoms with E-state index in [0.717, 1.165) is 32.1 Å². The number of hydrogen-bond donors (Lipinski definition) is 3. The van der Waals surface area contributed by atoms with Gasteiger partial charge in [0, 0.05) is 17.2 Å². The minimum Gasteiger partial charge on any atom is -0.337 e. The molecule has 0 atom stereocenters. The lowest BCUT2D eigenvalue weighted by atomic mass is 9.88. The average molecular weight is 430 g/mol. The topological polar surface area (TPSA) is 86.9 Å². The van der Waals surface area contributed by atoms with E-state index in [1.165, 1.54) is 36.4 Å². The summed E-state index contributed by atoms with van der Waals surface area (Å²) in [6.07, 6.45) is 1.89. The molecule has 0 aliphatic heterocycles. The van der Waals surface area contributed by atoms with Crippen LogP contribution >= 0.6 is 0 Å². The number of H-pyrrole nitrogens is 1. The highest BCUT2D eigenvalue weighted by atomic mass is 19.3. The Morgan fingerprint density at radius 3 is 2.55 bits per heavy atom. The van der Waals surface area contributed by atoms with Crippen LogP contribution in [0.3, 0.4) is 0 Å². The number of fused-ring (bicyclic) bond motifs is 1. The number of carbonyl (C=O) groups is 2. The maximum absolute atomic E-state index is 14.2. The van der Waals surface area contributed by atoms with E-state index in [0.29, 0.717) is 16.7 Å². The maximum atomic E-state index is 14.2. The van der Waals surface area contributed by atoms with Crippen molar-refractivity contribution in [1.29, 1.82) is 0 Å². The van der Waals surface area contributed by atoms with Gasteiger partial charge in [0.05, 0.1) is 16.7 Å². The molecule has 2 amide bonds. The van der Waals surface area contributed by atoms with Crippen LogP contribution < -0.4 is 10.6 Å². The lowest BCUT2D eigenvalue weighted by Gasteiger charge is -2.21. The molecule has 0 saturated heterocycles. The third-order valence-corrected chi connectivity index (χ3v) is 5.43. The molecule has 0 radical (unpaired) electrons. The van der Waals surface area contributed by atoms with E-state index in [9.17, 15) is 22.8 Å². The SMILES string of the molecule is O=C(Nc1ccc(F)c(NC(=O)C2CCCCC2)c1)c1ccc2nc(C(F)F)[nH]c2c1. The number of hydrogen-bond acceptors (Lipinski definition) is 3. The Morgan fingerprint density at radius 2 is 1.81 bits per heavy atom. The van der Waals surface area contributed by atoms with Gasteiger partial charge in [-0.05, 0) is 49.2 Å². The van der Waals surface area contributed by atoms with Crippen molar-refractivity contribution >= 4 is 34.2 Å². The number of anilines is 2. The van der Waals surface area contributed by atoms with E-state index >= 15 is 0 Å². The van der Waals surface area contributed by atoms with Crippen LogP contribution in [0.1, 0.15) is 54.7 Å². The Balaban J connectivity index is 1.48. The smallest absolute Gasteiger partial charge is 0.295 e. The van der Waals surface area contributed by atoms with Gasteiger partial charge in [0.1, 0.15) is 5.82 Å². The first-order valence-corrected chi connectivity index (χ1v) is 10.1. The number of nitrogens with zero attached hydrogens (tertiary/aromatic N) is 1. The van der Waals surface area contributed by atoms with Crippen molar-refractivity contribution in [3.05, 3.63) is 53.6 Å². The van der Waals surface area contributed by atoms with Crippen LogP contribution in [0.15, 0.2) is 36.4 Å². The fourth-order valence-electron chi connectivity index (χ4n) is 3.78. The summed E-state index contributed by atoms with van der Waals surface area (Å²) in [5.74, 6) is -1.93. The van der Waals surface area contributed by atoms with Crippen molar-refractivity contribution in [1.82, 2.24) is 9.97 Å². The van der Waals surface area contributed by atoms with E-state index in [1.54, 1.807) is 0 Å². The fourth-order valence-corrected chi connectivity index (χ4v) is 3.78. The van der Waals surface area contributed by atoms with Crippen molar-refractivity contribution in [3.8, 4) is 0 Å². The molecule has 0 unspecified atom stereocenters. The van der Waals surface area contributed by atoms with Crippen molar-refractivity contribution in [3.63, 3.8) is 0 Å². The summed E-state index contributed by atoms with van der Waals surface area (Å²) in [4.78, 5) is 31.3. The zero-order valence-electron chi connectivity index (χ0n) is 16.6. The van der Waals surface area contributed by atoms with Gasteiger partial charge >= 0.3 is 0 Å². The highest BCUT2D eigenvalue weighted by Gasteiger charge is 2.22. The number of amides is 2. The number of nitrogens with one attached hydrogen (secondary N) is 3. The number of aromatic nitrogens is 2. The standard InChI is InChI=1S/C22H21F3N4O2/c23-15-8-7-14(11-17(15)29-21(30)12-4-2-1-3-5-12)26-22(31)13-6-9-16-18(10-13)28-20(27-16)19(24)25/h6-12,19H,1-5H2,(H,26,31)(H,27,28)(H,29,30). The molecule has 162 valence electrons. The first-order chi connectivity index (χ1) is 14.9. The van der Waals surface area contributed by atoms with Gasteiger partial charge in [-0.1, -0.05) is 19.3 Å². The second kappa shape index (κ2) is 8.79. The molecule has 0 bridgehead atoms. The van der Waals surface area contributed by atoms with E-state index in [2.05, 4.69) is 20.6 Å². The van der Waals surface area contributed by atoms with Crippen molar-refractivity contribution in [2.75, 3.05) is 10.6 Å². The summed E-state index contributed by atoms with van der Waals surface area (Å²) >= 11 is 0. The van der Waals surface area contributed by atoms with Crippen LogP contribution in [0.25, 0.3) is 11.0 Å². The van der Waals surface area contributed by atoms with E-state index in [1.807, 2.05) is 0 Å². The molecule has 3 N–H and O–H groups in total. The summed E-state index contributed by atoms with van der Waals surface area (Å²) in [7, 11) is 0. The molecule has 2 aromatic carbocycles. The molecular formula is C22H21F3N4O2. The number of imidazole rings is 1. The normalized spacial score (nSPS) is 14.7. The summed E-state index contributed by atoms with van der Waals surface area (Å²) in [6.45, 7) is 0. The van der Waals surface area contributed by atoms with Crippen LogP contribution in [-0.4, -0.2) is 21.8 Å². The number of rotatable bonds is 5. The van der Waals surface area contributed by atoms with Crippen LogP contribution in [0.4, 0.5) is 24.5 Å².